The molecule has 0 aliphatic rings. The van der Waals surface area contributed by atoms with Crippen LogP contribution in [0.2, 0.25) is 0 Å². The molecule has 2 aromatic carbocycles. The molecule has 0 saturated carbocycles. The number of hydrogen-bond acceptors (Lipinski definition) is 3. The number of aliphatic hydroxyl groups is 2. The van der Waals surface area contributed by atoms with E-state index in [0.29, 0.717) is 12.0 Å². The summed E-state index contributed by atoms with van der Waals surface area (Å²) < 4.78 is 32.8. The molecule has 0 aliphatic heterocycles. The molecule has 5 heteroatoms. The van der Waals surface area contributed by atoms with Crippen molar-refractivity contribution in [1.29, 1.82) is 0 Å². The van der Waals surface area contributed by atoms with E-state index in [1.807, 2.05) is 0 Å². The predicted octanol–water partition coefficient (Wildman–Crippen LogP) is 2.78. The second kappa shape index (κ2) is 6.45. The van der Waals surface area contributed by atoms with E-state index >= 15 is 0 Å². The van der Waals surface area contributed by atoms with Gasteiger partial charge in [0.15, 0.2) is 17.4 Å². The average molecular weight is 280 g/mol. The van der Waals surface area contributed by atoms with Gasteiger partial charge in [0.1, 0.15) is 5.75 Å². The zero-order chi connectivity index (χ0) is 14.5. The molecule has 2 N–H and O–H groups in total. The van der Waals surface area contributed by atoms with Crippen molar-refractivity contribution in [3.05, 3.63) is 59.2 Å². The minimum Gasteiger partial charge on any atom is -0.451 e. The average Bonchev–Trinajstić information content (AvgIpc) is 2.44. The lowest BCUT2D eigenvalue weighted by atomic mass is 10.1. The standard InChI is InChI=1S/C15H14F2O3/c16-12-7-10(9-19)8-13(17)15(12)20-14-4-2-1-3-11(14)5-6-18/h1-4,7-8,18-19H,5-6,9H2. The summed E-state index contributed by atoms with van der Waals surface area (Å²) in [6, 6.07) is 8.75. The van der Waals surface area contributed by atoms with Gasteiger partial charge in [0.05, 0.1) is 6.61 Å². The van der Waals surface area contributed by atoms with Gasteiger partial charge in [0, 0.05) is 6.61 Å². The molecule has 0 unspecified atom stereocenters. The molecule has 0 fully saturated rings. The maximum Gasteiger partial charge on any atom is 0.198 e. The monoisotopic (exact) mass is 280 g/mol. The smallest absolute Gasteiger partial charge is 0.198 e. The van der Waals surface area contributed by atoms with E-state index in [1.165, 1.54) is 0 Å². The van der Waals surface area contributed by atoms with E-state index < -0.39 is 24.0 Å². The normalized spacial score (nSPS) is 10.6. The van der Waals surface area contributed by atoms with Crippen LogP contribution in [0, 0.1) is 11.6 Å². The van der Waals surface area contributed by atoms with Gasteiger partial charge in [-0.1, -0.05) is 18.2 Å². The van der Waals surface area contributed by atoms with E-state index in [-0.39, 0.29) is 17.9 Å². The van der Waals surface area contributed by atoms with Crippen LogP contribution in [-0.4, -0.2) is 16.8 Å². The Morgan fingerprint density at radius 2 is 1.65 bits per heavy atom. The van der Waals surface area contributed by atoms with Gasteiger partial charge in [-0.05, 0) is 35.7 Å². The van der Waals surface area contributed by atoms with Gasteiger partial charge in [-0.3, -0.25) is 0 Å². The molecule has 0 atom stereocenters. The number of ether oxygens (including phenoxy) is 1. The third kappa shape index (κ3) is 3.12. The van der Waals surface area contributed by atoms with Crippen LogP contribution in [0.25, 0.3) is 0 Å². The van der Waals surface area contributed by atoms with E-state index in [2.05, 4.69) is 0 Å². The topological polar surface area (TPSA) is 49.7 Å². The Morgan fingerprint density at radius 3 is 2.25 bits per heavy atom. The predicted molar refractivity (Wildman–Crippen MR) is 69.6 cm³/mol. The van der Waals surface area contributed by atoms with Gasteiger partial charge < -0.3 is 14.9 Å². The van der Waals surface area contributed by atoms with Crippen molar-refractivity contribution in [3.8, 4) is 11.5 Å². The summed E-state index contributed by atoms with van der Waals surface area (Å²) in [5, 5.41) is 17.8. The van der Waals surface area contributed by atoms with Crippen LogP contribution >= 0.6 is 0 Å². The van der Waals surface area contributed by atoms with Gasteiger partial charge >= 0.3 is 0 Å². The zero-order valence-electron chi connectivity index (χ0n) is 10.6. The molecule has 0 heterocycles. The lowest BCUT2D eigenvalue weighted by molar-refractivity contribution is 0.279. The highest BCUT2D eigenvalue weighted by atomic mass is 19.1. The van der Waals surface area contributed by atoms with Crippen molar-refractivity contribution in [3.63, 3.8) is 0 Å². The largest absolute Gasteiger partial charge is 0.451 e. The first-order valence-electron chi connectivity index (χ1n) is 6.11. The van der Waals surface area contributed by atoms with Gasteiger partial charge in [-0.25, -0.2) is 8.78 Å². The molecular weight excluding hydrogens is 266 g/mol. The molecule has 0 aromatic heterocycles. The Kier molecular flexibility index (Phi) is 4.65. The molecular formula is C15H14F2O3. The molecule has 20 heavy (non-hydrogen) atoms. The van der Waals surface area contributed by atoms with E-state index in [9.17, 15) is 8.78 Å². The van der Waals surface area contributed by atoms with Crippen LogP contribution in [0.3, 0.4) is 0 Å². The first-order valence-corrected chi connectivity index (χ1v) is 6.11. The second-order valence-corrected chi connectivity index (χ2v) is 4.23. The summed E-state index contributed by atoms with van der Waals surface area (Å²) in [5.41, 5.74) is 0.788. The van der Waals surface area contributed by atoms with Crippen molar-refractivity contribution >= 4 is 0 Å². The zero-order valence-corrected chi connectivity index (χ0v) is 10.6. The number of para-hydroxylation sites is 1. The van der Waals surface area contributed by atoms with E-state index in [1.54, 1.807) is 24.3 Å². The minimum atomic E-state index is -0.882. The Labute approximate surface area is 115 Å². The van der Waals surface area contributed by atoms with Gasteiger partial charge in [-0.2, -0.15) is 0 Å². The third-order valence-electron chi connectivity index (χ3n) is 2.81. The Morgan fingerprint density at radius 1 is 1.00 bits per heavy atom. The van der Waals surface area contributed by atoms with E-state index in [4.69, 9.17) is 14.9 Å². The fourth-order valence-corrected chi connectivity index (χ4v) is 1.84. The third-order valence-corrected chi connectivity index (χ3v) is 2.81. The van der Waals surface area contributed by atoms with Crippen LogP contribution in [0.1, 0.15) is 11.1 Å². The SMILES string of the molecule is OCCc1ccccc1Oc1c(F)cc(CO)cc1F. The molecule has 0 radical (unpaired) electrons. The van der Waals surface area contributed by atoms with Gasteiger partial charge in [0.2, 0.25) is 0 Å². The van der Waals surface area contributed by atoms with Gasteiger partial charge in [-0.15, -0.1) is 0 Å². The summed E-state index contributed by atoms with van der Waals surface area (Å²) in [6.07, 6.45) is 0.328. The highest BCUT2D eigenvalue weighted by Crippen LogP contribution is 2.30. The quantitative estimate of drug-likeness (QED) is 0.885. The molecule has 3 nitrogen and oxygen atoms in total. The molecule has 2 aromatic rings. The number of hydrogen-bond donors (Lipinski definition) is 2. The van der Waals surface area contributed by atoms with E-state index in [0.717, 1.165) is 12.1 Å². The second-order valence-electron chi connectivity index (χ2n) is 4.23. The minimum absolute atomic E-state index is 0.0885. The summed E-state index contributed by atoms with van der Waals surface area (Å²) >= 11 is 0. The number of rotatable bonds is 5. The maximum absolute atomic E-state index is 13.8. The summed E-state index contributed by atoms with van der Waals surface area (Å²) in [7, 11) is 0. The molecule has 0 aliphatic carbocycles. The molecule has 2 rings (SSSR count). The summed E-state index contributed by atoms with van der Waals surface area (Å²) in [6.45, 7) is -0.538. The van der Waals surface area contributed by atoms with Crippen molar-refractivity contribution in [2.24, 2.45) is 0 Å². The van der Waals surface area contributed by atoms with Gasteiger partial charge in [0.25, 0.3) is 0 Å². The van der Waals surface area contributed by atoms with Crippen molar-refractivity contribution < 1.29 is 23.7 Å². The summed E-state index contributed by atoms with van der Waals surface area (Å²) in [4.78, 5) is 0. The van der Waals surface area contributed by atoms with Crippen molar-refractivity contribution in [1.82, 2.24) is 0 Å². The molecule has 0 saturated heterocycles. The van der Waals surface area contributed by atoms with Crippen molar-refractivity contribution in [2.75, 3.05) is 6.61 Å². The molecule has 106 valence electrons. The fraction of sp³-hybridized carbons (Fsp3) is 0.200. The number of halogens is 2. The van der Waals surface area contributed by atoms with Crippen LogP contribution in [-0.2, 0) is 13.0 Å². The fourth-order valence-electron chi connectivity index (χ4n) is 1.84. The highest BCUT2D eigenvalue weighted by molar-refractivity contribution is 5.40. The van der Waals surface area contributed by atoms with Crippen LogP contribution in [0.15, 0.2) is 36.4 Å². The molecule has 0 bridgehead atoms. The highest BCUT2D eigenvalue weighted by Gasteiger charge is 2.15. The number of aliphatic hydroxyl groups excluding tert-OH is 2. The van der Waals surface area contributed by atoms with Crippen LogP contribution in [0.5, 0.6) is 11.5 Å². The first-order chi connectivity index (χ1) is 9.65. The van der Waals surface area contributed by atoms with Crippen LogP contribution < -0.4 is 4.74 Å². The Balaban J connectivity index is 2.35. The molecule has 0 amide bonds. The van der Waals surface area contributed by atoms with Crippen molar-refractivity contribution in [2.45, 2.75) is 13.0 Å². The van der Waals surface area contributed by atoms with Crippen LogP contribution in [0.4, 0.5) is 8.78 Å². The maximum atomic E-state index is 13.8. The molecule has 0 spiro atoms. The lowest BCUT2D eigenvalue weighted by Crippen LogP contribution is -1.99. The summed E-state index contributed by atoms with van der Waals surface area (Å²) in [5.74, 6) is -2.00. The Hall–Kier alpha value is -1.98. The lowest BCUT2D eigenvalue weighted by Gasteiger charge is -2.12. The Bertz CT molecular complexity index is 576. The number of benzene rings is 2. The first kappa shape index (κ1) is 14.4.